The summed E-state index contributed by atoms with van der Waals surface area (Å²) < 4.78 is 5.06. The number of hydrogen-bond acceptors (Lipinski definition) is 4. The van der Waals surface area contributed by atoms with E-state index in [0.717, 1.165) is 17.1 Å². The number of nitrogens with zero attached hydrogens (tertiary/aromatic N) is 2. The van der Waals surface area contributed by atoms with Gasteiger partial charge in [-0.2, -0.15) is 5.26 Å². The number of ether oxygens (including phenoxy) is 1. The molecule has 0 radical (unpaired) electrons. The van der Waals surface area contributed by atoms with E-state index < -0.39 is 0 Å². The van der Waals surface area contributed by atoms with Crippen molar-refractivity contribution in [2.24, 2.45) is 0 Å². The third-order valence-corrected chi connectivity index (χ3v) is 2.88. The topological polar surface area (TPSA) is 57.9 Å². The molecule has 96 valence electrons. The Labute approximate surface area is 112 Å². The molecule has 0 amide bonds. The second-order valence-electron chi connectivity index (χ2n) is 4.18. The fourth-order valence-electron chi connectivity index (χ4n) is 1.74. The lowest BCUT2D eigenvalue weighted by Crippen LogP contribution is -2.07. The minimum Gasteiger partial charge on any atom is -0.495 e. The van der Waals surface area contributed by atoms with Gasteiger partial charge in [-0.15, -0.1) is 0 Å². The van der Waals surface area contributed by atoms with Crippen LogP contribution in [0.3, 0.4) is 0 Å². The van der Waals surface area contributed by atoms with E-state index in [9.17, 15) is 0 Å². The zero-order chi connectivity index (χ0) is 13.7. The second-order valence-corrected chi connectivity index (χ2v) is 4.18. The quantitative estimate of drug-likeness (QED) is 0.909. The smallest absolute Gasteiger partial charge is 0.137 e. The maximum atomic E-state index is 8.76. The molecule has 0 fully saturated rings. The normalized spacial score (nSPS) is 11.4. The van der Waals surface area contributed by atoms with E-state index in [-0.39, 0.29) is 6.04 Å². The highest BCUT2D eigenvalue weighted by Gasteiger charge is 2.06. The lowest BCUT2D eigenvalue weighted by molar-refractivity contribution is 0.413. The molecule has 1 aromatic heterocycles. The first-order valence-electron chi connectivity index (χ1n) is 5.99. The third kappa shape index (κ3) is 3.23. The number of rotatable bonds is 4. The molecule has 1 unspecified atom stereocenters. The molecule has 0 spiro atoms. The van der Waals surface area contributed by atoms with Crippen LogP contribution in [0.15, 0.2) is 42.6 Å². The summed E-state index contributed by atoms with van der Waals surface area (Å²) >= 11 is 0. The van der Waals surface area contributed by atoms with E-state index in [2.05, 4.69) is 16.4 Å². The summed E-state index contributed by atoms with van der Waals surface area (Å²) in [6.07, 6.45) is 1.67. The number of methoxy groups -OCH3 is 1. The van der Waals surface area contributed by atoms with Crippen LogP contribution in [0, 0.1) is 11.3 Å². The van der Waals surface area contributed by atoms with Gasteiger partial charge in [0.15, 0.2) is 0 Å². The van der Waals surface area contributed by atoms with Gasteiger partial charge in [0.2, 0.25) is 0 Å². The molecule has 1 aromatic carbocycles. The van der Waals surface area contributed by atoms with Crippen molar-refractivity contribution in [3.8, 4) is 11.8 Å². The third-order valence-electron chi connectivity index (χ3n) is 2.88. The number of aromatic nitrogens is 1. The molecule has 0 saturated heterocycles. The van der Waals surface area contributed by atoms with Crippen molar-refractivity contribution in [2.45, 2.75) is 13.0 Å². The maximum absolute atomic E-state index is 8.76. The number of nitriles is 1. The lowest BCUT2D eigenvalue weighted by atomic mass is 10.1. The van der Waals surface area contributed by atoms with Crippen molar-refractivity contribution in [3.05, 3.63) is 53.7 Å². The summed E-state index contributed by atoms with van der Waals surface area (Å²) in [4.78, 5) is 4.26. The summed E-state index contributed by atoms with van der Waals surface area (Å²) in [5.41, 5.74) is 1.77. The Morgan fingerprint density at radius 1 is 1.21 bits per heavy atom. The average molecular weight is 253 g/mol. The fraction of sp³-hybridized carbons (Fsp3) is 0.200. The van der Waals surface area contributed by atoms with Gasteiger partial charge in [-0.05, 0) is 36.8 Å². The van der Waals surface area contributed by atoms with E-state index in [1.807, 2.05) is 43.3 Å². The van der Waals surface area contributed by atoms with Crippen LogP contribution in [0.5, 0.6) is 5.75 Å². The van der Waals surface area contributed by atoms with Crippen LogP contribution in [0.25, 0.3) is 0 Å². The minimum absolute atomic E-state index is 0.119. The molecule has 0 aliphatic carbocycles. The van der Waals surface area contributed by atoms with Crippen molar-refractivity contribution in [1.82, 2.24) is 4.98 Å². The molecule has 2 aromatic rings. The predicted octanol–water partition coefficient (Wildman–Crippen LogP) is 3.13. The molecular weight excluding hydrogens is 238 g/mol. The first-order valence-corrected chi connectivity index (χ1v) is 5.99. The number of benzene rings is 1. The molecule has 0 bridgehead atoms. The van der Waals surface area contributed by atoms with Crippen molar-refractivity contribution < 1.29 is 4.74 Å². The van der Waals surface area contributed by atoms with Gasteiger partial charge in [-0.25, -0.2) is 4.98 Å². The Morgan fingerprint density at radius 3 is 2.47 bits per heavy atom. The lowest BCUT2D eigenvalue weighted by Gasteiger charge is -2.15. The van der Waals surface area contributed by atoms with Crippen LogP contribution in [0.2, 0.25) is 0 Å². The number of nitrogens with one attached hydrogen (secondary N) is 1. The highest BCUT2D eigenvalue weighted by atomic mass is 16.5. The first-order chi connectivity index (χ1) is 9.22. The van der Waals surface area contributed by atoms with Crippen molar-refractivity contribution >= 4 is 5.82 Å². The Bertz CT molecular complexity index is 570. The van der Waals surface area contributed by atoms with Gasteiger partial charge in [-0.3, -0.25) is 0 Å². The molecule has 1 atom stereocenters. The van der Waals surface area contributed by atoms with E-state index >= 15 is 0 Å². The maximum Gasteiger partial charge on any atom is 0.137 e. The van der Waals surface area contributed by atoms with Gasteiger partial charge in [-0.1, -0.05) is 12.1 Å². The van der Waals surface area contributed by atoms with Crippen LogP contribution < -0.4 is 10.1 Å². The Hall–Kier alpha value is -2.54. The summed E-state index contributed by atoms with van der Waals surface area (Å²) in [5.74, 6) is 1.52. The molecule has 0 aliphatic rings. The molecule has 4 heteroatoms. The molecule has 0 aliphatic heterocycles. The molecule has 1 heterocycles. The van der Waals surface area contributed by atoms with E-state index in [1.54, 1.807) is 13.3 Å². The fourth-order valence-corrected chi connectivity index (χ4v) is 1.74. The van der Waals surface area contributed by atoms with Gasteiger partial charge < -0.3 is 10.1 Å². The van der Waals surface area contributed by atoms with E-state index in [4.69, 9.17) is 10.00 Å². The molecule has 4 nitrogen and oxygen atoms in total. The number of pyridine rings is 1. The van der Waals surface area contributed by atoms with E-state index in [0.29, 0.717) is 5.56 Å². The Balaban J connectivity index is 2.06. The highest BCUT2D eigenvalue weighted by molar-refractivity contribution is 5.41. The van der Waals surface area contributed by atoms with Crippen LogP contribution in [-0.4, -0.2) is 12.1 Å². The average Bonchev–Trinajstić information content (AvgIpc) is 2.48. The van der Waals surface area contributed by atoms with Crippen molar-refractivity contribution in [1.29, 1.82) is 5.26 Å². The summed E-state index contributed by atoms with van der Waals surface area (Å²) in [5, 5.41) is 12.1. The largest absolute Gasteiger partial charge is 0.495 e. The van der Waals surface area contributed by atoms with Gasteiger partial charge >= 0.3 is 0 Å². The summed E-state index contributed by atoms with van der Waals surface area (Å²) in [7, 11) is 1.61. The van der Waals surface area contributed by atoms with Crippen LogP contribution in [0.1, 0.15) is 24.1 Å². The standard InChI is InChI=1S/C15H15N3O/c1-11(13-5-3-12(9-16)4-6-13)18-15-8-7-14(19-2)10-17-15/h3-8,10-11H,1-2H3,(H,17,18). The van der Waals surface area contributed by atoms with Crippen LogP contribution in [-0.2, 0) is 0 Å². The van der Waals surface area contributed by atoms with Crippen LogP contribution in [0.4, 0.5) is 5.82 Å². The zero-order valence-corrected chi connectivity index (χ0v) is 10.9. The van der Waals surface area contributed by atoms with Gasteiger partial charge in [0.05, 0.1) is 24.9 Å². The Morgan fingerprint density at radius 2 is 1.95 bits per heavy atom. The summed E-state index contributed by atoms with van der Waals surface area (Å²) in [6.45, 7) is 2.05. The first kappa shape index (κ1) is 12.9. The monoisotopic (exact) mass is 253 g/mol. The number of anilines is 1. The zero-order valence-electron chi connectivity index (χ0n) is 10.9. The minimum atomic E-state index is 0.119. The SMILES string of the molecule is COc1ccc(NC(C)c2ccc(C#N)cc2)nc1. The van der Waals surface area contributed by atoms with E-state index in [1.165, 1.54) is 0 Å². The van der Waals surface area contributed by atoms with Gasteiger partial charge in [0.25, 0.3) is 0 Å². The second kappa shape index (κ2) is 5.87. The van der Waals surface area contributed by atoms with Gasteiger partial charge in [0.1, 0.15) is 11.6 Å². The van der Waals surface area contributed by atoms with Crippen LogP contribution >= 0.6 is 0 Å². The predicted molar refractivity (Wildman–Crippen MR) is 74.0 cm³/mol. The molecule has 2 rings (SSSR count). The van der Waals surface area contributed by atoms with Crippen molar-refractivity contribution in [3.63, 3.8) is 0 Å². The Kier molecular flexibility index (Phi) is 3.99. The molecule has 19 heavy (non-hydrogen) atoms. The van der Waals surface area contributed by atoms with Crippen molar-refractivity contribution in [2.75, 3.05) is 12.4 Å². The molecular formula is C15H15N3O. The highest BCUT2D eigenvalue weighted by Crippen LogP contribution is 2.19. The van der Waals surface area contributed by atoms with Gasteiger partial charge in [0, 0.05) is 6.04 Å². The number of hydrogen-bond donors (Lipinski definition) is 1. The molecule has 0 saturated carbocycles. The molecule has 1 N–H and O–H groups in total. The summed E-state index contributed by atoms with van der Waals surface area (Å²) in [6, 6.07) is 13.5.